The van der Waals surface area contributed by atoms with Crippen LogP contribution < -0.4 is 0 Å². The van der Waals surface area contributed by atoms with Crippen molar-refractivity contribution >= 4 is 11.3 Å². The van der Waals surface area contributed by atoms with Crippen LogP contribution in [0.15, 0.2) is 40.5 Å². The third-order valence-electron chi connectivity index (χ3n) is 6.24. The summed E-state index contributed by atoms with van der Waals surface area (Å²) in [5, 5.41) is 19.5. The topological polar surface area (TPSA) is 44.1 Å². The molecule has 0 spiro atoms. The number of allylic oxidation sites excluding steroid dienone is 7. The molecule has 1 aromatic carbocycles. The van der Waals surface area contributed by atoms with Gasteiger partial charge in [0, 0.05) is 11.1 Å². The number of hydrogen-bond acceptors (Lipinski definition) is 2. The normalized spacial score (nSPS) is 12.6. The molecule has 0 unspecified atom stereocenters. The molecule has 0 aliphatic heterocycles. The summed E-state index contributed by atoms with van der Waals surface area (Å²) in [5.74, 6) is 0. The molecule has 0 heterocycles. The van der Waals surface area contributed by atoms with Gasteiger partial charge in [0.25, 0.3) is 0 Å². The summed E-state index contributed by atoms with van der Waals surface area (Å²) in [7, 11) is 0. The Balaban J connectivity index is 4.12. The molecular weight excluding hydrogens is 354 g/mol. The molecule has 158 valence electrons. The molecule has 1 rings (SSSR count). The second-order valence-corrected chi connectivity index (χ2v) is 8.22. The monoisotopic (exact) mass is 393 g/mol. The van der Waals surface area contributed by atoms with Crippen LogP contribution in [0.4, 0.5) is 0 Å². The van der Waals surface area contributed by atoms with Crippen molar-refractivity contribution in [2.24, 2.45) is 0 Å². The standard InChI is InChI=1S/C27H39NO/c1-12-17(7)19(9)25(18(8)15(3)4)27(28)26-21(11)20(10)24(16(5)6)23(14-29)22(26)13-2/h12,28-29H,5,13-14H2,1-4,6-11H3/b17-12-,25-19-,28-27?. The van der Waals surface area contributed by atoms with E-state index < -0.39 is 0 Å². The molecule has 0 amide bonds. The summed E-state index contributed by atoms with van der Waals surface area (Å²) < 4.78 is 0. The van der Waals surface area contributed by atoms with Gasteiger partial charge in [-0.3, -0.25) is 5.41 Å². The fourth-order valence-electron chi connectivity index (χ4n) is 4.06. The van der Waals surface area contributed by atoms with Crippen molar-refractivity contribution in [1.82, 2.24) is 0 Å². The fraction of sp³-hybridized carbons (Fsp3) is 0.444. The van der Waals surface area contributed by atoms with Gasteiger partial charge >= 0.3 is 0 Å². The smallest absolute Gasteiger partial charge is 0.0695 e. The Bertz CT molecular complexity index is 932. The minimum absolute atomic E-state index is 0.0414. The van der Waals surface area contributed by atoms with Crippen molar-refractivity contribution in [3.63, 3.8) is 0 Å². The number of nitrogens with one attached hydrogen (secondary N) is 1. The molecular formula is C27H39NO. The zero-order valence-electron chi connectivity index (χ0n) is 20.1. The summed E-state index contributed by atoms with van der Waals surface area (Å²) in [5.41, 5.74) is 13.3. The van der Waals surface area contributed by atoms with Crippen LogP contribution in [0, 0.1) is 19.3 Å². The quantitative estimate of drug-likeness (QED) is 0.368. The van der Waals surface area contributed by atoms with Crippen molar-refractivity contribution in [3.8, 4) is 0 Å². The van der Waals surface area contributed by atoms with Crippen molar-refractivity contribution in [1.29, 1.82) is 5.41 Å². The van der Waals surface area contributed by atoms with Crippen LogP contribution >= 0.6 is 0 Å². The highest BCUT2D eigenvalue weighted by Gasteiger charge is 2.24. The summed E-state index contributed by atoms with van der Waals surface area (Å²) in [6, 6.07) is 0. The molecule has 0 aliphatic carbocycles. The molecule has 2 heteroatoms. The third kappa shape index (κ3) is 4.70. The predicted octanol–water partition coefficient (Wildman–Crippen LogP) is 7.40. The molecule has 0 atom stereocenters. The van der Waals surface area contributed by atoms with Crippen LogP contribution in [0.5, 0.6) is 0 Å². The molecule has 0 saturated heterocycles. The van der Waals surface area contributed by atoms with Gasteiger partial charge in [0.2, 0.25) is 0 Å². The van der Waals surface area contributed by atoms with Gasteiger partial charge in [-0.1, -0.05) is 36.3 Å². The molecule has 0 bridgehead atoms. The maximum Gasteiger partial charge on any atom is 0.0695 e. The van der Waals surface area contributed by atoms with Gasteiger partial charge in [-0.25, -0.2) is 0 Å². The fourth-order valence-corrected chi connectivity index (χ4v) is 4.06. The number of benzene rings is 1. The minimum atomic E-state index is -0.0414. The Hall–Kier alpha value is -2.19. The minimum Gasteiger partial charge on any atom is -0.392 e. The van der Waals surface area contributed by atoms with Crippen LogP contribution in [0.3, 0.4) is 0 Å². The first-order valence-electron chi connectivity index (χ1n) is 10.5. The van der Waals surface area contributed by atoms with Gasteiger partial charge in [0.15, 0.2) is 0 Å². The molecule has 0 fully saturated rings. The molecule has 0 radical (unpaired) electrons. The first kappa shape index (κ1) is 24.8. The second kappa shape index (κ2) is 10.0. The lowest BCUT2D eigenvalue weighted by molar-refractivity contribution is 0.280. The van der Waals surface area contributed by atoms with E-state index in [9.17, 15) is 10.5 Å². The Morgan fingerprint density at radius 1 is 0.931 bits per heavy atom. The SMILES string of the molecule is C=C(C)c1c(C)c(C)c(C(=N)/C(C(C)=C(C)C)=C(C)\C(C)=C/C)c(CC)c1CO. The van der Waals surface area contributed by atoms with E-state index in [4.69, 9.17) is 0 Å². The van der Waals surface area contributed by atoms with Gasteiger partial charge < -0.3 is 5.11 Å². The van der Waals surface area contributed by atoms with Crippen LogP contribution in [0.2, 0.25) is 0 Å². The van der Waals surface area contributed by atoms with Crippen LogP contribution in [-0.4, -0.2) is 10.8 Å². The maximum atomic E-state index is 10.2. The zero-order valence-corrected chi connectivity index (χ0v) is 20.1. The van der Waals surface area contributed by atoms with Crippen LogP contribution in [0.25, 0.3) is 5.57 Å². The number of aliphatic hydroxyl groups is 1. The molecule has 0 aromatic heterocycles. The van der Waals surface area contributed by atoms with Gasteiger partial charge in [-0.05, 0) is 108 Å². The van der Waals surface area contributed by atoms with E-state index in [1.54, 1.807) is 0 Å². The highest BCUT2D eigenvalue weighted by molar-refractivity contribution is 6.16. The van der Waals surface area contributed by atoms with Gasteiger partial charge in [-0.2, -0.15) is 0 Å². The summed E-state index contributed by atoms with van der Waals surface area (Å²) >= 11 is 0. The number of rotatable bonds is 7. The van der Waals surface area contributed by atoms with Crippen molar-refractivity contribution < 1.29 is 5.11 Å². The average Bonchev–Trinajstić information content (AvgIpc) is 2.67. The number of aliphatic hydroxyl groups excluding tert-OH is 1. The van der Waals surface area contributed by atoms with Crippen LogP contribution in [-0.2, 0) is 13.0 Å². The van der Waals surface area contributed by atoms with E-state index in [2.05, 4.69) is 68.0 Å². The van der Waals surface area contributed by atoms with Crippen LogP contribution in [0.1, 0.15) is 88.8 Å². The largest absolute Gasteiger partial charge is 0.392 e. The zero-order chi connectivity index (χ0) is 22.6. The summed E-state index contributed by atoms with van der Waals surface area (Å²) in [6.07, 6.45) is 2.86. The van der Waals surface area contributed by atoms with Gasteiger partial charge in [0.1, 0.15) is 0 Å². The van der Waals surface area contributed by atoms with E-state index in [1.807, 2.05) is 13.8 Å². The van der Waals surface area contributed by atoms with Crippen molar-refractivity contribution in [2.75, 3.05) is 0 Å². The second-order valence-electron chi connectivity index (χ2n) is 8.22. The third-order valence-corrected chi connectivity index (χ3v) is 6.24. The van der Waals surface area contributed by atoms with Crippen molar-refractivity contribution in [2.45, 2.75) is 82.3 Å². The lowest BCUT2D eigenvalue weighted by atomic mass is 9.79. The molecule has 1 aromatic rings. The summed E-state index contributed by atoms with van der Waals surface area (Å²) in [6.45, 7) is 24.9. The highest BCUT2D eigenvalue weighted by atomic mass is 16.3. The van der Waals surface area contributed by atoms with Gasteiger partial charge in [-0.15, -0.1) is 0 Å². The lowest BCUT2D eigenvalue weighted by Crippen LogP contribution is -2.17. The molecule has 0 saturated carbocycles. The molecule has 2 nitrogen and oxygen atoms in total. The number of hydrogen-bond donors (Lipinski definition) is 2. The van der Waals surface area contributed by atoms with Crippen molar-refractivity contribution in [3.05, 3.63) is 73.9 Å². The Labute approximate surface area is 178 Å². The summed E-state index contributed by atoms with van der Waals surface area (Å²) in [4.78, 5) is 0. The molecule has 2 N–H and O–H groups in total. The Morgan fingerprint density at radius 3 is 1.83 bits per heavy atom. The Kier molecular flexibility index (Phi) is 8.59. The Morgan fingerprint density at radius 2 is 1.45 bits per heavy atom. The highest BCUT2D eigenvalue weighted by Crippen LogP contribution is 2.36. The lowest BCUT2D eigenvalue weighted by Gasteiger charge is -2.26. The van der Waals surface area contributed by atoms with E-state index >= 15 is 0 Å². The van der Waals surface area contributed by atoms with Gasteiger partial charge in [0.05, 0.1) is 12.3 Å². The molecule has 29 heavy (non-hydrogen) atoms. The predicted molar refractivity (Wildman–Crippen MR) is 129 cm³/mol. The first-order chi connectivity index (χ1) is 13.5. The van der Waals surface area contributed by atoms with E-state index in [1.165, 1.54) is 11.1 Å². The average molecular weight is 394 g/mol. The maximum absolute atomic E-state index is 10.2. The van der Waals surface area contributed by atoms with E-state index in [0.717, 1.165) is 62.1 Å². The first-order valence-corrected chi connectivity index (χ1v) is 10.5. The molecule has 0 aliphatic rings. The van der Waals surface area contributed by atoms with E-state index in [-0.39, 0.29) is 6.61 Å². The van der Waals surface area contributed by atoms with E-state index in [0.29, 0.717) is 5.71 Å².